The molecule has 0 heterocycles. The molecular weight excluding hydrogens is 176 g/mol. The minimum Gasteiger partial charge on any atom is -0.247 e. The van der Waals surface area contributed by atoms with Gasteiger partial charge in [-0.05, 0) is 12.3 Å². The van der Waals surface area contributed by atoms with E-state index in [4.69, 9.17) is 0 Å². The van der Waals surface area contributed by atoms with E-state index >= 15 is 0 Å². The smallest absolute Gasteiger partial charge is 0.247 e. The molecule has 0 aliphatic heterocycles. The van der Waals surface area contributed by atoms with Crippen LogP contribution in [0.25, 0.3) is 0 Å². The van der Waals surface area contributed by atoms with Crippen LogP contribution >= 0.6 is 0 Å². The zero-order valence-corrected chi connectivity index (χ0v) is 9.55. The maximum absolute atomic E-state index is 10.1. The molecule has 0 aromatic rings. The van der Waals surface area contributed by atoms with Crippen molar-refractivity contribution in [3.05, 3.63) is 0 Å². The van der Waals surface area contributed by atoms with E-state index in [0.717, 1.165) is 18.8 Å². The van der Waals surface area contributed by atoms with Crippen molar-refractivity contribution in [2.24, 2.45) is 5.92 Å². The van der Waals surface area contributed by atoms with Crippen LogP contribution in [0.3, 0.4) is 0 Å². The SMILES string of the molecule is CC(C)CCCCCCCCC([O])=O. The van der Waals surface area contributed by atoms with E-state index < -0.39 is 5.97 Å². The third-order valence-corrected chi connectivity index (χ3v) is 2.41. The first kappa shape index (κ1) is 13.5. The molecule has 0 aromatic carbocycles. The second-order valence-corrected chi connectivity index (χ2v) is 4.43. The van der Waals surface area contributed by atoms with E-state index in [-0.39, 0.29) is 6.42 Å². The first-order valence-electron chi connectivity index (χ1n) is 5.82. The zero-order chi connectivity index (χ0) is 10.8. The lowest BCUT2D eigenvalue weighted by molar-refractivity contribution is -0.143. The number of carbonyl (C=O) groups is 1. The van der Waals surface area contributed by atoms with Crippen molar-refractivity contribution in [2.45, 2.75) is 65.2 Å². The molecule has 0 unspecified atom stereocenters. The predicted molar refractivity (Wildman–Crippen MR) is 57.5 cm³/mol. The molecule has 14 heavy (non-hydrogen) atoms. The number of hydrogen-bond acceptors (Lipinski definition) is 1. The summed E-state index contributed by atoms with van der Waals surface area (Å²) < 4.78 is 0. The molecular formula is C12H23O2. The van der Waals surface area contributed by atoms with Crippen LogP contribution in [0.4, 0.5) is 0 Å². The summed E-state index contributed by atoms with van der Waals surface area (Å²) in [7, 11) is 0. The first-order chi connectivity index (χ1) is 6.63. The lowest BCUT2D eigenvalue weighted by Crippen LogP contribution is -1.91. The fourth-order valence-electron chi connectivity index (χ4n) is 1.53. The number of rotatable bonds is 9. The average Bonchev–Trinajstić information content (AvgIpc) is 2.08. The second kappa shape index (κ2) is 9.04. The molecule has 0 rings (SSSR count). The van der Waals surface area contributed by atoms with Crippen LogP contribution in [0, 0.1) is 5.92 Å². The molecule has 0 aliphatic carbocycles. The summed E-state index contributed by atoms with van der Waals surface area (Å²) in [5.41, 5.74) is 0. The summed E-state index contributed by atoms with van der Waals surface area (Å²) in [5.74, 6) is -0.0992. The van der Waals surface area contributed by atoms with Crippen LogP contribution < -0.4 is 0 Å². The Kier molecular flexibility index (Phi) is 8.70. The van der Waals surface area contributed by atoms with Crippen LogP contribution in [0.2, 0.25) is 0 Å². The van der Waals surface area contributed by atoms with Crippen LogP contribution in [-0.2, 0) is 9.90 Å². The number of unbranched alkanes of at least 4 members (excludes halogenated alkanes) is 5. The number of carbonyl (C=O) groups excluding carboxylic acids is 1. The summed E-state index contributed by atoms with van der Waals surface area (Å²) in [6, 6.07) is 0. The molecule has 0 atom stereocenters. The Labute approximate surface area is 87.7 Å². The van der Waals surface area contributed by atoms with Gasteiger partial charge in [-0.25, -0.2) is 9.90 Å². The molecule has 0 N–H and O–H groups in total. The van der Waals surface area contributed by atoms with E-state index in [1.165, 1.54) is 32.1 Å². The summed E-state index contributed by atoms with van der Waals surface area (Å²) in [4.78, 5) is 10.1. The monoisotopic (exact) mass is 199 g/mol. The maximum Gasteiger partial charge on any atom is 0.355 e. The van der Waals surface area contributed by atoms with Crippen LogP contribution in [0.5, 0.6) is 0 Å². The van der Waals surface area contributed by atoms with E-state index in [2.05, 4.69) is 13.8 Å². The molecule has 2 heteroatoms. The third-order valence-electron chi connectivity index (χ3n) is 2.41. The van der Waals surface area contributed by atoms with Crippen LogP contribution in [-0.4, -0.2) is 5.97 Å². The van der Waals surface area contributed by atoms with Crippen molar-refractivity contribution in [1.82, 2.24) is 0 Å². The molecule has 0 amide bonds. The van der Waals surface area contributed by atoms with Crippen molar-refractivity contribution in [1.29, 1.82) is 0 Å². The lowest BCUT2D eigenvalue weighted by Gasteiger charge is -2.03. The largest absolute Gasteiger partial charge is 0.355 e. The van der Waals surface area contributed by atoms with Gasteiger partial charge >= 0.3 is 5.97 Å². The Morgan fingerprint density at radius 3 is 1.93 bits per heavy atom. The van der Waals surface area contributed by atoms with Gasteiger partial charge in [-0.2, -0.15) is 0 Å². The maximum atomic E-state index is 10.1. The molecule has 0 bridgehead atoms. The minimum atomic E-state index is -0.912. The van der Waals surface area contributed by atoms with Gasteiger partial charge in [-0.3, -0.25) is 0 Å². The van der Waals surface area contributed by atoms with E-state index in [1.807, 2.05) is 0 Å². The Balaban J connectivity index is 2.96. The van der Waals surface area contributed by atoms with Crippen molar-refractivity contribution in [3.8, 4) is 0 Å². The molecule has 1 radical (unpaired) electrons. The zero-order valence-electron chi connectivity index (χ0n) is 9.55. The van der Waals surface area contributed by atoms with Gasteiger partial charge in [0.25, 0.3) is 0 Å². The molecule has 0 fully saturated rings. The highest BCUT2D eigenvalue weighted by Gasteiger charge is 1.98. The van der Waals surface area contributed by atoms with E-state index in [0.29, 0.717) is 0 Å². The highest BCUT2D eigenvalue weighted by atomic mass is 16.4. The third kappa shape index (κ3) is 11.5. The van der Waals surface area contributed by atoms with Gasteiger partial charge in [0.15, 0.2) is 0 Å². The van der Waals surface area contributed by atoms with Gasteiger partial charge in [0.2, 0.25) is 0 Å². The Morgan fingerprint density at radius 1 is 0.929 bits per heavy atom. The quantitative estimate of drug-likeness (QED) is 0.521. The summed E-state index contributed by atoms with van der Waals surface area (Å²) in [6.07, 6.45) is 8.40. The number of hydrogen-bond donors (Lipinski definition) is 0. The standard InChI is InChI=1S/C12H23O2/c1-11(2)9-7-5-3-4-6-8-10-12(13)14/h11H,3-10H2,1-2H3. The molecule has 0 aliphatic rings. The predicted octanol–water partition coefficient (Wildman–Crippen LogP) is 3.72. The second-order valence-electron chi connectivity index (χ2n) is 4.43. The highest BCUT2D eigenvalue weighted by Crippen LogP contribution is 2.11. The fraction of sp³-hybridized carbons (Fsp3) is 0.917. The van der Waals surface area contributed by atoms with E-state index in [1.54, 1.807) is 0 Å². The first-order valence-corrected chi connectivity index (χ1v) is 5.82. The molecule has 0 spiro atoms. The van der Waals surface area contributed by atoms with Crippen molar-refractivity contribution >= 4 is 5.97 Å². The summed E-state index contributed by atoms with van der Waals surface area (Å²) in [6.45, 7) is 4.50. The van der Waals surface area contributed by atoms with Gasteiger partial charge in [0.05, 0.1) is 6.42 Å². The summed E-state index contributed by atoms with van der Waals surface area (Å²) >= 11 is 0. The van der Waals surface area contributed by atoms with Gasteiger partial charge in [-0.15, -0.1) is 0 Å². The van der Waals surface area contributed by atoms with Gasteiger partial charge in [0.1, 0.15) is 0 Å². The molecule has 0 saturated carbocycles. The summed E-state index contributed by atoms with van der Waals surface area (Å²) in [5, 5.41) is 10.1. The molecule has 83 valence electrons. The average molecular weight is 199 g/mol. The highest BCUT2D eigenvalue weighted by molar-refractivity contribution is 5.66. The Morgan fingerprint density at radius 2 is 1.43 bits per heavy atom. The Hall–Kier alpha value is -0.530. The molecule has 0 aromatic heterocycles. The van der Waals surface area contributed by atoms with Crippen LogP contribution in [0.15, 0.2) is 0 Å². The molecule has 2 nitrogen and oxygen atoms in total. The van der Waals surface area contributed by atoms with Crippen molar-refractivity contribution < 1.29 is 9.90 Å². The topological polar surface area (TPSA) is 37.0 Å². The van der Waals surface area contributed by atoms with Crippen LogP contribution in [0.1, 0.15) is 65.2 Å². The van der Waals surface area contributed by atoms with Crippen molar-refractivity contribution in [3.63, 3.8) is 0 Å². The lowest BCUT2D eigenvalue weighted by atomic mass is 10.0. The van der Waals surface area contributed by atoms with Crippen molar-refractivity contribution in [2.75, 3.05) is 0 Å². The van der Waals surface area contributed by atoms with Gasteiger partial charge in [0, 0.05) is 0 Å². The Bertz CT molecular complexity index is 141. The minimum absolute atomic E-state index is 0.228. The van der Waals surface area contributed by atoms with E-state index in [9.17, 15) is 9.90 Å². The van der Waals surface area contributed by atoms with Gasteiger partial charge in [-0.1, -0.05) is 52.4 Å². The fourth-order valence-corrected chi connectivity index (χ4v) is 1.53. The molecule has 0 saturated heterocycles. The normalized spacial score (nSPS) is 10.8. The van der Waals surface area contributed by atoms with Gasteiger partial charge < -0.3 is 0 Å².